The molecule has 0 N–H and O–H groups in total. The van der Waals surface area contributed by atoms with Gasteiger partial charge in [-0.2, -0.15) is 0 Å². The van der Waals surface area contributed by atoms with Gasteiger partial charge >= 0.3 is 0 Å². The Balaban J connectivity index is 1.84. The maximum atomic E-state index is 13.9. The molecule has 0 radical (unpaired) electrons. The molecule has 3 aromatic carbocycles. The third-order valence-corrected chi connectivity index (χ3v) is 4.90. The first-order valence-electron chi connectivity index (χ1n) is 9.64. The third kappa shape index (κ3) is 3.98. The van der Waals surface area contributed by atoms with Crippen molar-refractivity contribution in [3.05, 3.63) is 106 Å². The molecule has 1 heterocycles. The molecular formula is C25H21FO3. The van der Waals surface area contributed by atoms with Gasteiger partial charge < -0.3 is 9.15 Å². The van der Waals surface area contributed by atoms with Crippen molar-refractivity contribution in [2.75, 3.05) is 0 Å². The molecule has 4 heteroatoms. The van der Waals surface area contributed by atoms with Gasteiger partial charge in [-0.05, 0) is 41.8 Å². The fraction of sp³-hybridized carbons (Fsp3) is 0.160. The van der Waals surface area contributed by atoms with Gasteiger partial charge in [0.1, 0.15) is 23.3 Å². The molecule has 0 bridgehead atoms. The summed E-state index contributed by atoms with van der Waals surface area (Å²) in [5.41, 5.74) is 2.18. The van der Waals surface area contributed by atoms with E-state index in [9.17, 15) is 9.18 Å². The lowest BCUT2D eigenvalue weighted by Crippen LogP contribution is -2.14. The van der Waals surface area contributed by atoms with Crippen molar-refractivity contribution in [2.24, 2.45) is 0 Å². The van der Waals surface area contributed by atoms with Crippen LogP contribution in [0, 0.1) is 5.82 Å². The topological polar surface area (TPSA) is 39.4 Å². The van der Waals surface area contributed by atoms with Crippen LogP contribution in [-0.2, 0) is 11.3 Å². The largest absolute Gasteiger partial charge is 0.457 e. The minimum Gasteiger partial charge on any atom is -0.457 e. The van der Waals surface area contributed by atoms with Crippen LogP contribution < -0.4 is 5.43 Å². The van der Waals surface area contributed by atoms with Gasteiger partial charge in [0, 0.05) is 0 Å². The Labute approximate surface area is 168 Å². The lowest BCUT2D eigenvalue weighted by atomic mass is 9.98. The minimum atomic E-state index is -0.439. The molecule has 0 fully saturated rings. The number of benzene rings is 3. The van der Waals surface area contributed by atoms with E-state index in [4.69, 9.17) is 9.15 Å². The van der Waals surface area contributed by atoms with E-state index in [2.05, 4.69) is 0 Å². The van der Waals surface area contributed by atoms with Crippen LogP contribution in [0.25, 0.3) is 22.1 Å². The van der Waals surface area contributed by atoms with Crippen molar-refractivity contribution in [2.45, 2.75) is 26.1 Å². The van der Waals surface area contributed by atoms with Crippen molar-refractivity contribution in [3.63, 3.8) is 0 Å². The third-order valence-electron chi connectivity index (χ3n) is 4.90. The van der Waals surface area contributed by atoms with Gasteiger partial charge in [0.25, 0.3) is 0 Å². The highest BCUT2D eigenvalue weighted by Crippen LogP contribution is 2.33. The lowest BCUT2D eigenvalue weighted by Gasteiger charge is -2.19. The summed E-state index contributed by atoms with van der Waals surface area (Å²) >= 11 is 0. The van der Waals surface area contributed by atoms with E-state index in [-0.39, 0.29) is 5.43 Å². The maximum Gasteiger partial charge on any atom is 0.200 e. The van der Waals surface area contributed by atoms with E-state index in [1.54, 1.807) is 30.3 Å². The molecule has 0 aliphatic heterocycles. The maximum absolute atomic E-state index is 13.9. The lowest BCUT2D eigenvalue weighted by molar-refractivity contribution is 0.0237. The van der Waals surface area contributed by atoms with E-state index >= 15 is 0 Å². The molecule has 0 saturated carbocycles. The molecule has 0 aliphatic rings. The highest BCUT2D eigenvalue weighted by Gasteiger charge is 2.23. The molecule has 1 atom stereocenters. The summed E-state index contributed by atoms with van der Waals surface area (Å²) in [5, 5.41) is 0.466. The predicted molar refractivity (Wildman–Crippen MR) is 112 cm³/mol. The fourth-order valence-corrected chi connectivity index (χ4v) is 3.45. The van der Waals surface area contributed by atoms with Gasteiger partial charge in [-0.25, -0.2) is 4.39 Å². The summed E-state index contributed by atoms with van der Waals surface area (Å²) in [6.07, 6.45) is 0.168. The SMILES string of the molecule is CCC(OCc1ccccc1)c1oc2ccccc2c(=O)c1-c1cccc(F)c1. The Hall–Kier alpha value is -3.24. The summed E-state index contributed by atoms with van der Waals surface area (Å²) in [5.74, 6) is 0.0250. The zero-order valence-corrected chi connectivity index (χ0v) is 16.1. The van der Waals surface area contributed by atoms with Gasteiger partial charge in [-0.15, -0.1) is 0 Å². The highest BCUT2D eigenvalue weighted by atomic mass is 19.1. The zero-order valence-electron chi connectivity index (χ0n) is 16.1. The average molecular weight is 388 g/mol. The van der Waals surface area contributed by atoms with Crippen molar-refractivity contribution in [1.29, 1.82) is 0 Å². The standard InChI is InChI=1S/C25H21FO3/c1-2-21(28-16-17-9-4-3-5-10-17)25-23(18-11-8-12-19(26)15-18)24(27)20-13-6-7-14-22(20)29-25/h3-15,21H,2,16H2,1H3. The van der Waals surface area contributed by atoms with Crippen LogP contribution in [0.1, 0.15) is 30.8 Å². The van der Waals surface area contributed by atoms with Crippen molar-refractivity contribution >= 4 is 11.0 Å². The van der Waals surface area contributed by atoms with Crippen molar-refractivity contribution < 1.29 is 13.5 Å². The van der Waals surface area contributed by atoms with Gasteiger partial charge in [-0.1, -0.05) is 61.5 Å². The number of rotatable bonds is 6. The Kier molecular flexibility index (Phi) is 5.54. The number of para-hydroxylation sites is 1. The summed E-state index contributed by atoms with van der Waals surface area (Å²) in [7, 11) is 0. The summed E-state index contributed by atoms with van der Waals surface area (Å²) < 4.78 is 26.2. The molecule has 0 spiro atoms. The molecule has 29 heavy (non-hydrogen) atoms. The quantitative estimate of drug-likeness (QED) is 0.391. The molecule has 1 unspecified atom stereocenters. The number of halogens is 1. The van der Waals surface area contributed by atoms with E-state index in [0.29, 0.717) is 40.9 Å². The number of hydrogen-bond acceptors (Lipinski definition) is 3. The van der Waals surface area contributed by atoms with Crippen molar-refractivity contribution in [3.8, 4) is 11.1 Å². The van der Waals surface area contributed by atoms with Crippen molar-refractivity contribution in [1.82, 2.24) is 0 Å². The van der Waals surface area contributed by atoms with Gasteiger partial charge in [-0.3, -0.25) is 4.79 Å². The Morgan fingerprint density at radius 3 is 2.48 bits per heavy atom. The second-order valence-corrected chi connectivity index (χ2v) is 6.87. The molecule has 4 rings (SSSR count). The molecular weight excluding hydrogens is 367 g/mol. The molecule has 0 aliphatic carbocycles. The minimum absolute atomic E-state index is 0.186. The van der Waals surface area contributed by atoms with E-state index in [0.717, 1.165) is 5.56 Å². The summed E-state index contributed by atoms with van der Waals surface area (Å²) in [4.78, 5) is 13.3. The molecule has 4 aromatic rings. The molecule has 146 valence electrons. The first-order valence-corrected chi connectivity index (χ1v) is 9.64. The Bertz CT molecular complexity index is 1180. The van der Waals surface area contributed by atoms with Gasteiger partial charge in [0.15, 0.2) is 0 Å². The number of fused-ring (bicyclic) bond motifs is 1. The van der Waals surface area contributed by atoms with Crippen LogP contribution in [0.2, 0.25) is 0 Å². The normalized spacial score (nSPS) is 12.2. The van der Waals surface area contributed by atoms with Crippen LogP contribution in [-0.4, -0.2) is 0 Å². The Morgan fingerprint density at radius 2 is 1.72 bits per heavy atom. The first kappa shape index (κ1) is 19.1. The van der Waals surface area contributed by atoms with Crippen LogP contribution >= 0.6 is 0 Å². The van der Waals surface area contributed by atoms with Crippen LogP contribution in [0.5, 0.6) is 0 Å². The average Bonchev–Trinajstić information content (AvgIpc) is 2.75. The molecule has 0 saturated heterocycles. The van der Waals surface area contributed by atoms with E-state index in [1.807, 2.05) is 43.3 Å². The Morgan fingerprint density at radius 1 is 0.966 bits per heavy atom. The smallest absolute Gasteiger partial charge is 0.200 e. The first-order chi connectivity index (χ1) is 14.2. The van der Waals surface area contributed by atoms with Gasteiger partial charge in [0.05, 0.1) is 17.6 Å². The highest BCUT2D eigenvalue weighted by molar-refractivity contribution is 5.82. The number of ether oxygens (including phenoxy) is 1. The van der Waals surface area contributed by atoms with E-state index < -0.39 is 11.9 Å². The zero-order chi connectivity index (χ0) is 20.2. The summed E-state index contributed by atoms with van der Waals surface area (Å²) in [6.45, 7) is 2.36. The van der Waals surface area contributed by atoms with Crippen LogP contribution in [0.3, 0.4) is 0 Å². The molecule has 1 aromatic heterocycles. The van der Waals surface area contributed by atoms with Crippen LogP contribution in [0.15, 0.2) is 88.1 Å². The van der Waals surface area contributed by atoms with Crippen LogP contribution in [0.4, 0.5) is 4.39 Å². The summed E-state index contributed by atoms with van der Waals surface area (Å²) in [6, 6.07) is 22.9. The molecule has 3 nitrogen and oxygen atoms in total. The second-order valence-electron chi connectivity index (χ2n) is 6.87. The molecule has 0 amide bonds. The second kappa shape index (κ2) is 8.41. The predicted octanol–water partition coefficient (Wildman–Crippen LogP) is 6.27. The fourth-order valence-electron chi connectivity index (χ4n) is 3.45. The van der Waals surface area contributed by atoms with E-state index in [1.165, 1.54) is 12.1 Å². The van der Waals surface area contributed by atoms with Gasteiger partial charge in [0.2, 0.25) is 5.43 Å². The monoisotopic (exact) mass is 388 g/mol. The number of hydrogen-bond donors (Lipinski definition) is 0.